The van der Waals surface area contributed by atoms with Gasteiger partial charge in [0.1, 0.15) is 18.1 Å². The van der Waals surface area contributed by atoms with E-state index in [-0.39, 0.29) is 6.04 Å². The van der Waals surface area contributed by atoms with Crippen LogP contribution in [0.4, 0.5) is 5.69 Å². The summed E-state index contributed by atoms with van der Waals surface area (Å²) >= 11 is 7.49. The first-order valence-electron chi connectivity index (χ1n) is 8.86. The summed E-state index contributed by atoms with van der Waals surface area (Å²) in [4.78, 5) is 15.3. The van der Waals surface area contributed by atoms with E-state index in [9.17, 15) is 4.79 Å². The van der Waals surface area contributed by atoms with E-state index in [1.54, 1.807) is 11.8 Å². The Morgan fingerprint density at radius 1 is 1.19 bits per heavy atom. The molecule has 0 amide bonds. The monoisotopic (exact) mass is 389 g/mol. The summed E-state index contributed by atoms with van der Waals surface area (Å²) in [6.07, 6.45) is 2.90. The molecular formula is C21H24ClNO2S. The van der Waals surface area contributed by atoms with Gasteiger partial charge in [0.2, 0.25) is 0 Å². The number of fused-ring (bicyclic) bond motifs is 1. The van der Waals surface area contributed by atoms with E-state index in [1.165, 1.54) is 4.90 Å². The molecule has 26 heavy (non-hydrogen) atoms. The molecular weight excluding hydrogens is 366 g/mol. The Labute approximate surface area is 164 Å². The Morgan fingerprint density at radius 3 is 2.69 bits per heavy atom. The van der Waals surface area contributed by atoms with Crippen molar-refractivity contribution >= 4 is 35.3 Å². The molecule has 0 radical (unpaired) electrons. The van der Waals surface area contributed by atoms with Gasteiger partial charge < -0.3 is 14.4 Å². The maximum absolute atomic E-state index is 12.1. The molecule has 0 aliphatic carbocycles. The van der Waals surface area contributed by atoms with Gasteiger partial charge in [0.05, 0.1) is 17.0 Å². The van der Waals surface area contributed by atoms with Crippen LogP contribution in [0.25, 0.3) is 0 Å². The van der Waals surface area contributed by atoms with Crippen molar-refractivity contribution in [2.45, 2.75) is 35.4 Å². The van der Waals surface area contributed by atoms with E-state index < -0.39 is 4.75 Å². The first-order valence-corrected chi connectivity index (χ1v) is 10.2. The number of likely N-dealkylation sites (N-methyl/N-ethyl adjacent to an activating group) is 1. The number of para-hydroxylation sites is 2. The minimum atomic E-state index is -0.437. The molecule has 0 saturated heterocycles. The van der Waals surface area contributed by atoms with Crippen molar-refractivity contribution in [3.05, 3.63) is 54.1 Å². The number of ether oxygens (including phenoxy) is 1. The number of hydrogen-bond acceptors (Lipinski definition) is 4. The zero-order valence-electron chi connectivity index (χ0n) is 15.2. The first kappa shape index (κ1) is 19.1. The molecule has 1 aliphatic rings. The van der Waals surface area contributed by atoms with Crippen molar-refractivity contribution in [1.82, 2.24) is 0 Å². The number of nitrogens with zero attached hydrogens (tertiary/aromatic N) is 1. The number of hydrogen-bond donors (Lipinski definition) is 0. The van der Waals surface area contributed by atoms with E-state index in [0.717, 1.165) is 36.1 Å². The average molecular weight is 390 g/mol. The SMILES string of the molecule is CN1c2ccccc2SC(C)(c2ccccc2OCCCCCl)C1C=O. The van der Waals surface area contributed by atoms with Crippen molar-refractivity contribution in [1.29, 1.82) is 0 Å². The highest BCUT2D eigenvalue weighted by molar-refractivity contribution is 8.00. The number of thioether (sulfide) groups is 1. The smallest absolute Gasteiger partial charge is 0.144 e. The van der Waals surface area contributed by atoms with Gasteiger partial charge in [0, 0.05) is 23.4 Å². The Balaban J connectivity index is 1.98. The van der Waals surface area contributed by atoms with Crippen LogP contribution in [-0.2, 0) is 9.54 Å². The van der Waals surface area contributed by atoms with Crippen molar-refractivity contribution < 1.29 is 9.53 Å². The molecule has 1 aliphatic heterocycles. The van der Waals surface area contributed by atoms with Crippen molar-refractivity contribution in [3.63, 3.8) is 0 Å². The average Bonchev–Trinajstić information content (AvgIpc) is 2.66. The normalized spacial score (nSPS) is 22.0. The van der Waals surface area contributed by atoms with Crippen LogP contribution < -0.4 is 9.64 Å². The van der Waals surface area contributed by atoms with E-state index >= 15 is 0 Å². The number of aldehydes is 1. The topological polar surface area (TPSA) is 29.5 Å². The molecule has 0 fully saturated rings. The van der Waals surface area contributed by atoms with Crippen LogP contribution in [0.15, 0.2) is 53.4 Å². The summed E-state index contributed by atoms with van der Waals surface area (Å²) in [6.45, 7) is 2.76. The quantitative estimate of drug-likeness (QED) is 0.374. The lowest BCUT2D eigenvalue weighted by atomic mass is 9.90. The molecule has 2 aromatic rings. The highest BCUT2D eigenvalue weighted by atomic mass is 35.5. The number of anilines is 1. The minimum absolute atomic E-state index is 0.282. The molecule has 0 N–H and O–H groups in total. The van der Waals surface area contributed by atoms with Gasteiger partial charge in [-0.05, 0) is 38.0 Å². The maximum Gasteiger partial charge on any atom is 0.144 e. The van der Waals surface area contributed by atoms with Crippen LogP contribution >= 0.6 is 23.4 Å². The van der Waals surface area contributed by atoms with Gasteiger partial charge in [-0.1, -0.05) is 30.3 Å². The second-order valence-electron chi connectivity index (χ2n) is 6.61. The van der Waals surface area contributed by atoms with E-state index in [0.29, 0.717) is 12.5 Å². The Hall–Kier alpha value is -1.65. The van der Waals surface area contributed by atoms with Gasteiger partial charge in [0.15, 0.2) is 0 Å². The molecule has 3 nitrogen and oxygen atoms in total. The molecule has 3 rings (SSSR count). The standard InChI is InChI=1S/C21H24ClNO2S/c1-21(16-9-3-5-11-18(16)25-14-8-7-13-22)20(15-24)23(2)17-10-4-6-12-19(17)26-21/h3-6,9-12,15,20H,7-8,13-14H2,1-2H3. The fraction of sp³-hybridized carbons (Fsp3) is 0.381. The van der Waals surface area contributed by atoms with Crippen molar-refractivity contribution in [3.8, 4) is 5.75 Å². The molecule has 0 saturated carbocycles. The predicted molar refractivity (Wildman–Crippen MR) is 110 cm³/mol. The molecule has 0 bridgehead atoms. The van der Waals surface area contributed by atoms with E-state index in [4.69, 9.17) is 16.3 Å². The molecule has 0 aromatic heterocycles. The van der Waals surface area contributed by atoms with Gasteiger partial charge in [-0.3, -0.25) is 0 Å². The maximum atomic E-state index is 12.1. The predicted octanol–water partition coefficient (Wildman–Crippen LogP) is 5.11. The summed E-state index contributed by atoms with van der Waals surface area (Å²) in [7, 11) is 1.99. The summed E-state index contributed by atoms with van der Waals surface area (Å²) in [5.41, 5.74) is 2.14. The first-order chi connectivity index (χ1) is 12.6. The third-order valence-electron chi connectivity index (χ3n) is 4.89. The number of carbonyl (C=O) groups is 1. The third kappa shape index (κ3) is 3.58. The fourth-order valence-electron chi connectivity index (χ4n) is 3.46. The van der Waals surface area contributed by atoms with Crippen LogP contribution in [0, 0.1) is 0 Å². The largest absolute Gasteiger partial charge is 0.493 e. The molecule has 138 valence electrons. The lowest BCUT2D eigenvalue weighted by Gasteiger charge is -2.45. The Kier molecular flexibility index (Phi) is 6.15. The van der Waals surface area contributed by atoms with Gasteiger partial charge >= 0.3 is 0 Å². The molecule has 2 atom stereocenters. The number of unbranched alkanes of at least 4 members (excludes halogenated alkanes) is 1. The number of halogens is 1. The van der Waals surface area contributed by atoms with Crippen LogP contribution in [0.3, 0.4) is 0 Å². The van der Waals surface area contributed by atoms with Gasteiger partial charge in [-0.25, -0.2) is 0 Å². The van der Waals surface area contributed by atoms with Gasteiger partial charge in [0.25, 0.3) is 0 Å². The summed E-state index contributed by atoms with van der Waals surface area (Å²) in [5, 5.41) is 0. The zero-order valence-corrected chi connectivity index (χ0v) is 16.7. The third-order valence-corrected chi connectivity index (χ3v) is 6.60. The summed E-state index contributed by atoms with van der Waals surface area (Å²) < 4.78 is 5.63. The van der Waals surface area contributed by atoms with E-state index in [2.05, 4.69) is 30.0 Å². The van der Waals surface area contributed by atoms with Crippen LogP contribution in [0.1, 0.15) is 25.3 Å². The zero-order chi connectivity index (χ0) is 18.6. The lowest BCUT2D eigenvalue weighted by molar-refractivity contribution is -0.109. The second-order valence-corrected chi connectivity index (χ2v) is 8.48. The molecule has 2 unspecified atom stereocenters. The van der Waals surface area contributed by atoms with Gasteiger partial charge in [-0.15, -0.1) is 23.4 Å². The summed E-state index contributed by atoms with van der Waals surface area (Å²) in [5.74, 6) is 1.49. The minimum Gasteiger partial charge on any atom is -0.493 e. The molecule has 1 heterocycles. The number of alkyl halides is 1. The van der Waals surface area contributed by atoms with Crippen LogP contribution in [0.2, 0.25) is 0 Å². The fourth-order valence-corrected chi connectivity index (χ4v) is 5.18. The number of benzene rings is 2. The second kappa shape index (κ2) is 8.36. The van der Waals surface area contributed by atoms with Crippen molar-refractivity contribution in [2.24, 2.45) is 0 Å². The van der Waals surface area contributed by atoms with E-state index in [1.807, 2.05) is 37.4 Å². The van der Waals surface area contributed by atoms with Gasteiger partial charge in [-0.2, -0.15) is 0 Å². The van der Waals surface area contributed by atoms with Crippen molar-refractivity contribution in [2.75, 3.05) is 24.4 Å². The molecule has 5 heteroatoms. The van der Waals surface area contributed by atoms with Crippen LogP contribution in [0.5, 0.6) is 5.75 Å². The lowest BCUT2D eigenvalue weighted by Crippen LogP contribution is -2.49. The number of carbonyl (C=O) groups excluding carboxylic acids is 1. The Bertz CT molecular complexity index is 769. The molecule has 2 aromatic carbocycles. The van der Waals surface area contributed by atoms with Crippen LogP contribution in [-0.4, -0.2) is 31.9 Å². The molecule has 0 spiro atoms. The Morgan fingerprint density at radius 2 is 1.92 bits per heavy atom. The highest BCUT2D eigenvalue weighted by Gasteiger charge is 2.45. The number of rotatable bonds is 7. The highest BCUT2D eigenvalue weighted by Crippen LogP contribution is 2.54. The summed E-state index contributed by atoms with van der Waals surface area (Å²) in [6, 6.07) is 16.0.